The molecule has 0 unspecified atom stereocenters. The molecular formula is C12H20N4. The number of aryl methyl sites for hydroxylation is 1. The fourth-order valence-corrected chi connectivity index (χ4v) is 2.94. The lowest BCUT2D eigenvalue weighted by Crippen LogP contribution is -2.31. The summed E-state index contributed by atoms with van der Waals surface area (Å²) >= 11 is 0. The van der Waals surface area contributed by atoms with E-state index < -0.39 is 0 Å². The predicted octanol–water partition coefficient (Wildman–Crippen LogP) is 0.762. The van der Waals surface area contributed by atoms with Gasteiger partial charge in [0.2, 0.25) is 0 Å². The van der Waals surface area contributed by atoms with Gasteiger partial charge in [-0.1, -0.05) is 0 Å². The molecule has 0 bridgehead atoms. The Balaban J connectivity index is 1.93. The molecule has 0 aliphatic carbocycles. The predicted molar refractivity (Wildman–Crippen MR) is 63.5 cm³/mol. The Bertz CT molecular complexity index is 377. The van der Waals surface area contributed by atoms with Crippen LogP contribution in [0.5, 0.6) is 0 Å². The van der Waals surface area contributed by atoms with Gasteiger partial charge in [0.15, 0.2) is 0 Å². The number of hydrogen-bond donors (Lipinski definition) is 2. The third kappa shape index (κ3) is 1.66. The Hall–Kier alpha value is -0.870. The van der Waals surface area contributed by atoms with Crippen molar-refractivity contribution < 1.29 is 0 Å². The minimum absolute atomic E-state index is 0.677. The average Bonchev–Trinajstić information content (AvgIpc) is 2.69. The molecule has 1 saturated heterocycles. The molecule has 0 amide bonds. The van der Waals surface area contributed by atoms with Gasteiger partial charge in [0.05, 0.1) is 11.4 Å². The van der Waals surface area contributed by atoms with E-state index >= 15 is 0 Å². The van der Waals surface area contributed by atoms with Crippen molar-refractivity contribution in [3.63, 3.8) is 0 Å². The lowest BCUT2D eigenvalue weighted by molar-refractivity contribution is 0.443. The van der Waals surface area contributed by atoms with Crippen LogP contribution in [-0.4, -0.2) is 29.2 Å². The second-order valence-electron chi connectivity index (χ2n) is 4.84. The number of piperidine rings is 1. The van der Waals surface area contributed by atoms with Crippen LogP contribution in [0.15, 0.2) is 0 Å². The van der Waals surface area contributed by atoms with Crippen molar-refractivity contribution in [2.24, 2.45) is 0 Å². The van der Waals surface area contributed by atoms with E-state index in [1.165, 1.54) is 30.1 Å². The number of fused-ring (bicyclic) bond motifs is 1. The summed E-state index contributed by atoms with van der Waals surface area (Å²) in [5, 5.41) is 6.88. The van der Waals surface area contributed by atoms with Gasteiger partial charge < -0.3 is 15.2 Å². The van der Waals surface area contributed by atoms with E-state index in [0.29, 0.717) is 5.92 Å². The third-order valence-electron chi connectivity index (χ3n) is 3.82. The summed E-state index contributed by atoms with van der Waals surface area (Å²) in [4.78, 5) is 4.81. The van der Waals surface area contributed by atoms with Gasteiger partial charge >= 0.3 is 0 Å². The van der Waals surface area contributed by atoms with Crippen molar-refractivity contribution in [1.82, 2.24) is 20.2 Å². The zero-order valence-corrected chi connectivity index (χ0v) is 9.92. The molecule has 0 radical (unpaired) electrons. The van der Waals surface area contributed by atoms with Gasteiger partial charge in [0, 0.05) is 25.6 Å². The first-order valence-electron chi connectivity index (χ1n) is 6.33. The monoisotopic (exact) mass is 220 g/mol. The first-order valence-corrected chi connectivity index (χ1v) is 6.33. The van der Waals surface area contributed by atoms with Crippen LogP contribution >= 0.6 is 0 Å². The molecule has 1 aromatic heterocycles. The van der Waals surface area contributed by atoms with Gasteiger partial charge in [-0.3, -0.25) is 0 Å². The molecule has 3 heterocycles. The van der Waals surface area contributed by atoms with Crippen LogP contribution in [0.3, 0.4) is 0 Å². The highest BCUT2D eigenvalue weighted by Gasteiger charge is 2.25. The average molecular weight is 220 g/mol. The lowest BCUT2D eigenvalue weighted by atomic mass is 9.93. The molecule has 0 aromatic carbocycles. The molecule has 2 aliphatic heterocycles. The standard InChI is InChI=1S/C12H20N4/c1-9-15-12(10-2-4-13-5-3-10)11-8-14-6-7-16(9)11/h10,13-14H,2-8H2,1H3. The Morgan fingerprint density at radius 3 is 2.81 bits per heavy atom. The second kappa shape index (κ2) is 4.18. The number of imidazole rings is 1. The van der Waals surface area contributed by atoms with Gasteiger partial charge in [-0.15, -0.1) is 0 Å². The Labute approximate surface area is 96.4 Å². The van der Waals surface area contributed by atoms with E-state index in [1.54, 1.807) is 0 Å². The van der Waals surface area contributed by atoms with Crippen molar-refractivity contribution in [2.45, 2.75) is 38.8 Å². The maximum atomic E-state index is 4.81. The normalized spacial score (nSPS) is 22.1. The van der Waals surface area contributed by atoms with E-state index in [2.05, 4.69) is 22.1 Å². The number of aromatic nitrogens is 2. The van der Waals surface area contributed by atoms with Gasteiger partial charge in [-0.25, -0.2) is 4.98 Å². The maximum absolute atomic E-state index is 4.81. The van der Waals surface area contributed by atoms with Gasteiger partial charge in [0.1, 0.15) is 5.82 Å². The molecule has 1 fully saturated rings. The quantitative estimate of drug-likeness (QED) is 0.734. The molecule has 4 heteroatoms. The van der Waals surface area contributed by atoms with E-state index in [1.807, 2.05) is 0 Å². The van der Waals surface area contributed by atoms with Crippen LogP contribution in [0.1, 0.15) is 36.0 Å². The molecular weight excluding hydrogens is 200 g/mol. The lowest BCUT2D eigenvalue weighted by Gasteiger charge is -2.24. The van der Waals surface area contributed by atoms with Gasteiger partial charge in [0.25, 0.3) is 0 Å². The van der Waals surface area contributed by atoms with Crippen LogP contribution in [0, 0.1) is 6.92 Å². The van der Waals surface area contributed by atoms with Crippen molar-refractivity contribution >= 4 is 0 Å². The highest BCUT2D eigenvalue weighted by Crippen LogP contribution is 2.28. The van der Waals surface area contributed by atoms with Crippen LogP contribution < -0.4 is 10.6 Å². The zero-order valence-electron chi connectivity index (χ0n) is 9.92. The summed E-state index contributed by atoms with van der Waals surface area (Å²) in [6, 6.07) is 0. The van der Waals surface area contributed by atoms with Crippen molar-refractivity contribution in [2.75, 3.05) is 19.6 Å². The summed E-state index contributed by atoms with van der Waals surface area (Å²) in [6.07, 6.45) is 2.48. The molecule has 0 saturated carbocycles. The fraction of sp³-hybridized carbons (Fsp3) is 0.750. The summed E-state index contributed by atoms with van der Waals surface area (Å²) < 4.78 is 2.40. The fourth-order valence-electron chi connectivity index (χ4n) is 2.94. The molecule has 4 nitrogen and oxygen atoms in total. The van der Waals surface area contributed by atoms with Crippen molar-refractivity contribution in [3.8, 4) is 0 Å². The molecule has 0 atom stereocenters. The van der Waals surface area contributed by atoms with Crippen molar-refractivity contribution in [3.05, 3.63) is 17.2 Å². The van der Waals surface area contributed by atoms with E-state index in [0.717, 1.165) is 32.7 Å². The molecule has 2 aliphatic rings. The highest BCUT2D eigenvalue weighted by molar-refractivity contribution is 5.23. The molecule has 88 valence electrons. The van der Waals surface area contributed by atoms with Crippen LogP contribution in [0.2, 0.25) is 0 Å². The van der Waals surface area contributed by atoms with Gasteiger partial charge in [-0.2, -0.15) is 0 Å². The maximum Gasteiger partial charge on any atom is 0.106 e. The minimum atomic E-state index is 0.677. The SMILES string of the molecule is Cc1nc(C2CCNCC2)c2n1CCNC2. The summed E-state index contributed by atoms with van der Waals surface area (Å²) in [6.45, 7) is 7.58. The van der Waals surface area contributed by atoms with Gasteiger partial charge in [-0.05, 0) is 32.9 Å². The molecule has 2 N–H and O–H groups in total. The third-order valence-corrected chi connectivity index (χ3v) is 3.82. The van der Waals surface area contributed by atoms with E-state index in [9.17, 15) is 0 Å². The summed E-state index contributed by atoms with van der Waals surface area (Å²) in [7, 11) is 0. The molecule has 16 heavy (non-hydrogen) atoms. The van der Waals surface area contributed by atoms with Crippen molar-refractivity contribution in [1.29, 1.82) is 0 Å². The van der Waals surface area contributed by atoms with E-state index in [-0.39, 0.29) is 0 Å². The molecule has 0 spiro atoms. The second-order valence-corrected chi connectivity index (χ2v) is 4.84. The highest BCUT2D eigenvalue weighted by atomic mass is 15.2. The Kier molecular flexibility index (Phi) is 2.69. The first-order chi connectivity index (χ1) is 7.86. The van der Waals surface area contributed by atoms with Crippen LogP contribution in [0.4, 0.5) is 0 Å². The topological polar surface area (TPSA) is 41.9 Å². The first kappa shape index (κ1) is 10.3. The zero-order chi connectivity index (χ0) is 11.0. The Morgan fingerprint density at radius 1 is 1.19 bits per heavy atom. The molecule has 1 aromatic rings. The molecule has 3 rings (SSSR count). The summed E-state index contributed by atoms with van der Waals surface area (Å²) in [5.41, 5.74) is 2.81. The largest absolute Gasteiger partial charge is 0.330 e. The number of hydrogen-bond acceptors (Lipinski definition) is 3. The number of rotatable bonds is 1. The smallest absolute Gasteiger partial charge is 0.106 e. The number of nitrogens with zero attached hydrogens (tertiary/aromatic N) is 2. The summed E-state index contributed by atoms with van der Waals surface area (Å²) in [5.74, 6) is 1.88. The van der Waals surface area contributed by atoms with Crippen LogP contribution in [-0.2, 0) is 13.1 Å². The minimum Gasteiger partial charge on any atom is -0.330 e. The number of nitrogens with one attached hydrogen (secondary N) is 2. The van der Waals surface area contributed by atoms with Crippen LogP contribution in [0.25, 0.3) is 0 Å². The van der Waals surface area contributed by atoms with E-state index in [4.69, 9.17) is 4.98 Å². The Morgan fingerprint density at radius 2 is 2.00 bits per heavy atom.